The van der Waals surface area contributed by atoms with Crippen molar-refractivity contribution in [1.82, 2.24) is 0 Å². The summed E-state index contributed by atoms with van der Waals surface area (Å²) in [4.78, 5) is 0. The maximum absolute atomic E-state index is 2.54. The SMILES string of the molecule is Cc1ccc2c(c1)-c1ccc(C3c4ccccc4-c4ccccc43)cc1C2c1ccccc1-c1ccc(C2c3ccccc3-c3ccccc32)c(C)c1. The van der Waals surface area contributed by atoms with Gasteiger partial charge in [0.2, 0.25) is 0 Å². The molecule has 0 fully saturated rings. The number of hydrogen-bond donors (Lipinski definition) is 0. The molecule has 0 spiro atoms. The lowest BCUT2D eigenvalue weighted by atomic mass is 9.81. The normalized spacial score (nSPS) is 15.0. The monoisotopic (exact) mass is 674 g/mol. The predicted molar refractivity (Wildman–Crippen MR) is 220 cm³/mol. The van der Waals surface area contributed by atoms with E-state index in [1.54, 1.807) is 0 Å². The van der Waals surface area contributed by atoms with Crippen LogP contribution in [0.2, 0.25) is 0 Å². The van der Waals surface area contributed by atoms with E-state index in [0.717, 1.165) is 0 Å². The molecule has 8 aromatic rings. The second-order valence-corrected chi connectivity index (χ2v) is 15.2. The van der Waals surface area contributed by atoms with Crippen molar-refractivity contribution in [1.29, 1.82) is 0 Å². The van der Waals surface area contributed by atoms with Gasteiger partial charge in [-0.2, -0.15) is 0 Å². The Bertz CT molecular complexity index is 2690. The van der Waals surface area contributed by atoms with Gasteiger partial charge in [-0.3, -0.25) is 0 Å². The molecule has 0 amide bonds. The van der Waals surface area contributed by atoms with Crippen LogP contribution < -0.4 is 0 Å². The van der Waals surface area contributed by atoms with Crippen LogP contribution in [0.4, 0.5) is 0 Å². The van der Waals surface area contributed by atoms with Crippen LogP contribution in [0.1, 0.15) is 79.0 Å². The van der Waals surface area contributed by atoms with Crippen molar-refractivity contribution in [2.75, 3.05) is 0 Å². The van der Waals surface area contributed by atoms with E-state index in [0.29, 0.717) is 0 Å². The van der Waals surface area contributed by atoms with E-state index in [1.807, 2.05) is 0 Å². The maximum Gasteiger partial charge on any atom is 0.0358 e. The van der Waals surface area contributed by atoms with Crippen molar-refractivity contribution < 1.29 is 0 Å². The quantitative estimate of drug-likeness (QED) is 0.174. The van der Waals surface area contributed by atoms with Crippen LogP contribution in [0.3, 0.4) is 0 Å². The minimum Gasteiger partial charge on any atom is -0.0619 e. The fourth-order valence-corrected chi connectivity index (χ4v) is 10.1. The van der Waals surface area contributed by atoms with E-state index in [-0.39, 0.29) is 17.8 Å². The molecule has 0 aromatic heterocycles. The number of aryl methyl sites for hydroxylation is 2. The number of fused-ring (bicyclic) bond motifs is 9. The lowest BCUT2D eigenvalue weighted by molar-refractivity contribution is 0.978. The molecule has 0 nitrogen and oxygen atoms in total. The van der Waals surface area contributed by atoms with E-state index >= 15 is 0 Å². The first-order valence-electron chi connectivity index (χ1n) is 18.9. The van der Waals surface area contributed by atoms with Gasteiger partial charge in [0.05, 0.1) is 0 Å². The summed E-state index contributed by atoms with van der Waals surface area (Å²) in [5, 5.41) is 0. The highest BCUT2D eigenvalue weighted by atomic mass is 14.4. The third-order valence-electron chi connectivity index (χ3n) is 12.4. The Balaban J connectivity index is 1.05. The summed E-state index contributed by atoms with van der Waals surface area (Å²) in [6, 6.07) is 66.6. The van der Waals surface area contributed by atoms with Crippen molar-refractivity contribution in [3.05, 3.63) is 237 Å². The Hall–Kier alpha value is -6.24. The van der Waals surface area contributed by atoms with Gasteiger partial charge in [0.15, 0.2) is 0 Å². The molecule has 53 heavy (non-hydrogen) atoms. The third-order valence-corrected chi connectivity index (χ3v) is 12.4. The Morgan fingerprint density at radius 1 is 0.283 bits per heavy atom. The van der Waals surface area contributed by atoms with Gasteiger partial charge >= 0.3 is 0 Å². The molecule has 0 bridgehead atoms. The van der Waals surface area contributed by atoms with Crippen LogP contribution >= 0.6 is 0 Å². The number of rotatable bonds is 4. The first-order chi connectivity index (χ1) is 26.1. The van der Waals surface area contributed by atoms with E-state index in [9.17, 15) is 0 Å². The second kappa shape index (κ2) is 11.6. The molecule has 0 aliphatic heterocycles. The molecule has 0 radical (unpaired) electrons. The molecule has 250 valence electrons. The molecule has 0 saturated heterocycles. The summed E-state index contributed by atoms with van der Waals surface area (Å²) in [7, 11) is 0. The van der Waals surface area contributed by atoms with E-state index < -0.39 is 0 Å². The molecule has 1 atom stereocenters. The molecule has 0 N–H and O–H groups in total. The molecule has 11 rings (SSSR count). The first-order valence-corrected chi connectivity index (χ1v) is 18.9. The minimum absolute atomic E-state index is 0.136. The van der Waals surface area contributed by atoms with Gasteiger partial charge in [0, 0.05) is 17.8 Å². The highest BCUT2D eigenvalue weighted by Gasteiger charge is 2.35. The minimum atomic E-state index is 0.136. The zero-order valence-electron chi connectivity index (χ0n) is 30.0. The van der Waals surface area contributed by atoms with Gasteiger partial charge < -0.3 is 0 Å². The number of hydrogen-bond acceptors (Lipinski definition) is 0. The van der Waals surface area contributed by atoms with Crippen molar-refractivity contribution >= 4 is 0 Å². The zero-order chi connectivity index (χ0) is 35.2. The van der Waals surface area contributed by atoms with Crippen LogP contribution in [0, 0.1) is 13.8 Å². The van der Waals surface area contributed by atoms with Crippen LogP contribution in [-0.2, 0) is 0 Å². The fourth-order valence-electron chi connectivity index (χ4n) is 10.1. The van der Waals surface area contributed by atoms with Crippen molar-refractivity contribution in [3.63, 3.8) is 0 Å². The molecule has 8 aromatic carbocycles. The van der Waals surface area contributed by atoms with Gasteiger partial charge in [0.25, 0.3) is 0 Å². The maximum atomic E-state index is 2.54. The third kappa shape index (κ3) is 4.49. The molecule has 0 saturated carbocycles. The van der Waals surface area contributed by atoms with Crippen molar-refractivity contribution in [2.45, 2.75) is 31.6 Å². The van der Waals surface area contributed by atoms with Crippen LogP contribution in [-0.4, -0.2) is 0 Å². The molecule has 0 heterocycles. The van der Waals surface area contributed by atoms with Gasteiger partial charge in [-0.1, -0.05) is 181 Å². The second-order valence-electron chi connectivity index (χ2n) is 15.2. The first kappa shape index (κ1) is 30.4. The Morgan fingerprint density at radius 2 is 0.717 bits per heavy atom. The summed E-state index contributed by atoms with van der Waals surface area (Å²) < 4.78 is 0. The zero-order valence-corrected chi connectivity index (χ0v) is 30.0. The van der Waals surface area contributed by atoms with Gasteiger partial charge in [-0.05, 0) is 114 Å². The standard InChI is InChI=1S/C53H38/c1-32-23-26-48-49(29-32)42-28-25-35(51-44-19-9-4-14-38(44)39-15-5-10-20-45(39)51)31-50(42)53(48)43-18-8-3-13-37(43)34-24-27-36(33(2)30-34)52-46-21-11-6-16-40(46)41-17-7-12-22-47(41)52/h3-31,51-53H,1-2H3. The van der Waals surface area contributed by atoms with Gasteiger partial charge in [-0.15, -0.1) is 0 Å². The topological polar surface area (TPSA) is 0 Å². The van der Waals surface area contributed by atoms with Crippen LogP contribution in [0.5, 0.6) is 0 Å². The summed E-state index contributed by atoms with van der Waals surface area (Å²) in [6.07, 6.45) is 0. The van der Waals surface area contributed by atoms with Crippen molar-refractivity contribution in [2.24, 2.45) is 0 Å². The Labute approximate surface area is 312 Å². The largest absolute Gasteiger partial charge is 0.0619 e. The lowest BCUT2D eigenvalue weighted by Gasteiger charge is -2.22. The Morgan fingerprint density at radius 3 is 1.28 bits per heavy atom. The molecule has 3 aliphatic carbocycles. The average Bonchev–Trinajstić information content (AvgIpc) is 3.83. The summed E-state index contributed by atoms with van der Waals surface area (Å²) in [5.74, 6) is 0.597. The summed E-state index contributed by atoms with van der Waals surface area (Å²) in [6.45, 7) is 4.52. The summed E-state index contributed by atoms with van der Waals surface area (Å²) in [5.41, 5.74) is 25.9. The van der Waals surface area contributed by atoms with E-state index in [4.69, 9.17) is 0 Å². The Kier molecular flexibility index (Phi) is 6.67. The summed E-state index contributed by atoms with van der Waals surface area (Å²) >= 11 is 0. The smallest absolute Gasteiger partial charge is 0.0358 e. The molecule has 0 heteroatoms. The number of benzene rings is 8. The van der Waals surface area contributed by atoms with Crippen LogP contribution in [0.25, 0.3) is 44.5 Å². The molecule has 3 aliphatic rings. The highest BCUT2D eigenvalue weighted by molar-refractivity contribution is 5.86. The molecular formula is C53H38. The van der Waals surface area contributed by atoms with E-state index in [1.165, 1.54) is 106 Å². The highest BCUT2D eigenvalue weighted by Crippen LogP contribution is 2.54. The molecular weight excluding hydrogens is 637 g/mol. The fraction of sp³-hybridized carbons (Fsp3) is 0.0943. The average molecular weight is 675 g/mol. The van der Waals surface area contributed by atoms with Gasteiger partial charge in [-0.25, -0.2) is 0 Å². The molecule has 1 unspecified atom stereocenters. The predicted octanol–water partition coefficient (Wildman–Crippen LogP) is 13.5. The van der Waals surface area contributed by atoms with E-state index in [2.05, 4.69) is 190 Å². The van der Waals surface area contributed by atoms with Crippen molar-refractivity contribution in [3.8, 4) is 44.5 Å². The van der Waals surface area contributed by atoms with Crippen LogP contribution in [0.15, 0.2) is 176 Å². The lowest BCUT2D eigenvalue weighted by Crippen LogP contribution is -2.05. The van der Waals surface area contributed by atoms with Gasteiger partial charge in [0.1, 0.15) is 0 Å².